The molecule has 7 aromatic rings. The summed E-state index contributed by atoms with van der Waals surface area (Å²) in [6, 6.07) is 25.0. The van der Waals surface area contributed by atoms with Crippen molar-refractivity contribution in [3.05, 3.63) is 152 Å². The van der Waals surface area contributed by atoms with Gasteiger partial charge in [-0.2, -0.15) is 57.6 Å². The number of phenolic OH excluding ortho intramolecular Hbond substituents is 6. The van der Waals surface area contributed by atoms with Crippen LogP contribution in [0.1, 0.15) is 0 Å². The van der Waals surface area contributed by atoms with Crippen LogP contribution in [0, 0.1) is 42.7 Å². The van der Waals surface area contributed by atoms with E-state index in [9.17, 15) is 30.6 Å². The SMILES string of the molecule is [CH2-]Oc1ccc(N(c2nc(N(c3ccc(O[CH2-])cc3O)c3ccc(O[CH2-])cc3O)nc(N(c3ccc(O[CH2-])cc3O)c3ccc(O[CH2-])cc3O)n2)c2ccc(O[CH2-])cc2O)c(O)c1.[Rf].[Rf].[Rf].[Rf].[Rf].[Rf]. The van der Waals surface area contributed by atoms with Gasteiger partial charge in [-0.05, 0) is 72.8 Å². The van der Waals surface area contributed by atoms with Crippen molar-refractivity contribution in [3.63, 3.8) is 0 Å². The molecule has 336 valence electrons. The average Bonchev–Trinajstić information content (AvgIpc) is 3.29. The van der Waals surface area contributed by atoms with Crippen LogP contribution < -0.4 is 43.1 Å². The Kier molecular flexibility index (Phi) is 15.6. The summed E-state index contributed by atoms with van der Waals surface area (Å²) in [6.45, 7) is 0. The molecule has 1 heterocycles. The molecule has 0 saturated carbocycles. The standard InChI is InChI=1S/C45H36N6O12.6Rf/c1-58-25-7-13-31(37(52)19-25)49(32-14-8-26(59-2)20-38(32)53)43-46-44(50(33-15-9-27(60-3)21-39(33)54)34-16-10-28(61-4)22-40(34)55)48-45(47-43)51(35-17-11-29(62-5)23-41(35)56)36-18-12-30(63-6)24-42(36)57;;;;;;/h7-24,52-57H,1-6H2;;;;;;/q-6;;;;;;. The van der Waals surface area contributed by atoms with E-state index in [-0.39, 0.29) is 86.5 Å². The number of anilines is 9. The van der Waals surface area contributed by atoms with Crippen molar-refractivity contribution in [1.82, 2.24) is 15.0 Å². The van der Waals surface area contributed by atoms with Crippen molar-refractivity contribution in [2.75, 3.05) is 14.7 Å². The Balaban J connectivity index is 0.00000397. The maximum absolute atomic E-state index is 11.6. The monoisotopic (exact) mass is 2450 g/mol. The minimum Gasteiger partial charge on any atom is -0.665 e. The molecule has 0 amide bonds. The first kappa shape index (κ1) is 52.3. The summed E-state index contributed by atoms with van der Waals surface area (Å²) in [6.07, 6.45) is 0. The molecule has 7 rings (SSSR count). The summed E-state index contributed by atoms with van der Waals surface area (Å²) in [5, 5.41) is 69.4. The Bertz CT molecular complexity index is 2350. The molecule has 0 aliphatic rings. The molecule has 69 heavy (non-hydrogen) atoms. The van der Waals surface area contributed by atoms with Gasteiger partial charge in [0.1, 0.15) is 34.5 Å². The number of aromatic nitrogens is 3. The van der Waals surface area contributed by atoms with Gasteiger partial charge in [0, 0.05) is 36.4 Å². The van der Waals surface area contributed by atoms with Gasteiger partial charge in [-0.3, -0.25) is 14.7 Å². The first-order valence-electron chi connectivity index (χ1n) is 18.1. The van der Waals surface area contributed by atoms with Crippen molar-refractivity contribution < 1.29 is 59.1 Å². The number of hydrogen-bond acceptors (Lipinski definition) is 18. The number of benzene rings is 6. The zero-order chi connectivity index (χ0) is 44.9. The van der Waals surface area contributed by atoms with E-state index in [1.807, 2.05) is 0 Å². The third kappa shape index (κ3) is 9.24. The van der Waals surface area contributed by atoms with Crippen LogP contribution in [0.25, 0.3) is 0 Å². The largest absolute Gasteiger partial charge is 0.665 e. The molecule has 0 aliphatic carbocycles. The van der Waals surface area contributed by atoms with E-state index in [1.165, 1.54) is 124 Å². The second kappa shape index (κ2) is 20.5. The Morgan fingerprint density at radius 1 is 0.275 bits per heavy atom. The zero-order valence-corrected chi connectivity index (χ0v) is 75.6. The fourth-order valence-corrected chi connectivity index (χ4v) is 6.37. The number of ether oxygens (including phenoxy) is 6. The minimum absolute atomic E-state index is 0. The molecule has 0 saturated heterocycles. The molecule has 0 aliphatic heterocycles. The molecule has 6 aromatic carbocycles. The van der Waals surface area contributed by atoms with Gasteiger partial charge >= 0.3 is 0 Å². The molecular formula is C45H36N6O12Rf6-6. The van der Waals surface area contributed by atoms with E-state index in [1.54, 1.807) is 0 Å². The molecule has 0 radical (unpaired) electrons. The van der Waals surface area contributed by atoms with Crippen molar-refractivity contribution >= 4 is 52.0 Å². The van der Waals surface area contributed by atoms with E-state index < -0.39 is 34.5 Å². The molecule has 6 N–H and O–H groups in total. The summed E-state index contributed by atoms with van der Waals surface area (Å²) in [4.78, 5) is 18.3. The van der Waals surface area contributed by atoms with Crippen LogP contribution in [0.5, 0.6) is 69.0 Å². The van der Waals surface area contributed by atoms with Gasteiger partial charge < -0.3 is 59.1 Å². The summed E-state index contributed by atoms with van der Waals surface area (Å²) in [5.41, 5.74) is -0.196. The summed E-state index contributed by atoms with van der Waals surface area (Å²) < 4.78 is 30.6. The molecule has 0 unspecified atom stereocenters. The fraction of sp³-hybridized carbons (Fsp3) is 0. The number of phenols is 6. The molecule has 24 heteroatoms. The summed E-state index contributed by atoms with van der Waals surface area (Å²) >= 11 is 0. The second-order valence-electron chi connectivity index (χ2n) is 13.0. The topological polar surface area (TPSA) is 225 Å². The van der Waals surface area contributed by atoms with E-state index in [2.05, 4.69) is 42.7 Å². The predicted molar refractivity (Wildman–Crippen MR) is 230 cm³/mol. The van der Waals surface area contributed by atoms with Crippen LogP contribution in [0.15, 0.2) is 109 Å². The fourth-order valence-electron chi connectivity index (χ4n) is 6.37. The van der Waals surface area contributed by atoms with Gasteiger partial charge in [0.25, 0.3) is 0 Å². The second-order valence-corrected chi connectivity index (χ2v) is 13.0. The first-order valence-corrected chi connectivity index (χ1v) is 18.1. The van der Waals surface area contributed by atoms with Crippen LogP contribution >= 0.6 is 0 Å². The smallest absolute Gasteiger partial charge is 0.241 e. The van der Waals surface area contributed by atoms with E-state index in [0.29, 0.717) is 0 Å². The Morgan fingerprint density at radius 3 is 0.536 bits per heavy atom. The van der Waals surface area contributed by atoms with Crippen molar-refractivity contribution in [3.8, 4) is 69.0 Å². The molecule has 0 bridgehead atoms. The first-order chi connectivity index (χ1) is 30.4. The maximum atomic E-state index is 11.6. The number of nitrogens with zero attached hydrogens (tertiary/aromatic N) is 6. The van der Waals surface area contributed by atoms with Gasteiger partial charge in [0.2, 0.25) is 17.8 Å². The van der Waals surface area contributed by atoms with E-state index >= 15 is 0 Å². The number of aromatic hydroxyl groups is 6. The Labute approximate surface area is 360 Å². The molecule has 18 nitrogen and oxygen atoms in total. The van der Waals surface area contributed by atoms with Crippen LogP contribution in [-0.4, -0.2) is 45.6 Å². The van der Waals surface area contributed by atoms with Crippen molar-refractivity contribution in [2.45, 2.75) is 0 Å². The zero-order valence-electron chi connectivity index (χ0n) is 37.2. The van der Waals surface area contributed by atoms with Gasteiger partial charge in [0.05, 0.1) is 68.6 Å². The third-order valence-corrected chi connectivity index (χ3v) is 9.33. The quantitative estimate of drug-likeness (QED) is 0.0526. The summed E-state index contributed by atoms with van der Waals surface area (Å²) in [5.74, 6) is -2.50. The van der Waals surface area contributed by atoms with Crippen LogP contribution in [0.2, 0.25) is 0 Å². The van der Waals surface area contributed by atoms with Gasteiger partial charge in [-0.25, -0.2) is 0 Å². The van der Waals surface area contributed by atoms with E-state index in [4.69, 9.17) is 43.4 Å². The summed E-state index contributed by atoms with van der Waals surface area (Å²) in [7, 11) is 20.5. The molecule has 1 aromatic heterocycles. The average molecular weight is 2450 g/mol. The molecular weight excluding hydrogens is 2420 g/mol. The Morgan fingerprint density at radius 2 is 0.420 bits per heavy atom. The van der Waals surface area contributed by atoms with Crippen LogP contribution in [-0.2, 0) is 0 Å². The molecule has 0 fully saturated rings. The third-order valence-electron chi connectivity index (χ3n) is 9.33. The molecule has 0 atom stereocenters. The van der Waals surface area contributed by atoms with Crippen LogP contribution in [0.4, 0.5) is 52.0 Å². The predicted octanol–water partition coefficient (Wildman–Crippen LogP) is 9.54. The number of hydrogen-bond donors (Lipinski definition) is 6. The van der Waals surface area contributed by atoms with Crippen molar-refractivity contribution in [2.24, 2.45) is 0 Å². The van der Waals surface area contributed by atoms with Crippen LogP contribution in [0.3, 0.4) is 0 Å². The maximum Gasteiger partial charge on any atom is 0.241 e. The molecule has 0 spiro atoms. The van der Waals surface area contributed by atoms with Gasteiger partial charge in [0.15, 0.2) is 0 Å². The van der Waals surface area contributed by atoms with Crippen molar-refractivity contribution in [1.29, 1.82) is 0 Å². The van der Waals surface area contributed by atoms with Gasteiger partial charge in [-0.1, -0.05) is 0 Å². The Hall–Kier alpha value is -14.7. The van der Waals surface area contributed by atoms with E-state index in [0.717, 1.165) is 0 Å². The normalized spacial score (nSPS) is 9.83. The number of rotatable bonds is 15. The van der Waals surface area contributed by atoms with Gasteiger partial charge in [-0.15, -0.1) is 0 Å². The minimum atomic E-state index is -0.407.